The highest BCUT2D eigenvalue weighted by atomic mass is 16.5. The molecule has 1 saturated carbocycles. The third-order valence-corrected chi connectivity index (χ3v) is 2.99. The van der Waals surface area contributed by atoms with E-state index in [1.165, 1.54) is 0 Å². The van der Waals surface area contributed by atoms with Gasteiger partial charge >= 0.3 is 0 Å². The molecule has 2 nitrogen and oxygen atoms in total. The maximum absolute atomic E-state index is 9.77. The lowest BCUT2D eigenvalue weighted by Crippen LogP contribution is -2.39. The van der Waals surface area contributed by atoms with Gasteiger partial charge in [-0.05, 0) is 32.1 Å². The minimum Gasteiger partial charge on any atom is -0.390 e. The van der Waals surface area contributed by atoms with E-state index in [1.807, 2.05) is 0 Å². The first-order valence-corrected chi connectivity index (χ1v) is 4.80. The zero-order valence-corrected chi connectivity index (χ0v) is 7.33. The SMILES string of the molecule is O[C@@H]1CCC[C@]12CC=CCCO2. The Bertz CT molecular complexity index is 188. The third kappa shape index (κ3) is 1.29. The Kier molecular flexibility index (Phi) is 2.20. The van der Waals surface area contributed by atoms with E-state index < -0.39 is 0 Å². The summed E-state index contributed by atoms with van der Waals surface area (Å²) in [7, 11) is 0. The number of ether oxygens (including phenoxy) is 1. The summed E-state index contributed by atoms with van der Waals surface area (Å²) < 4.78 is 5.75. The molecule has 1 heterocycles. The summed E-state index contributed by atoms with van der Waals surface area (Å²) in [6, 6.07) is 0. The second kappa shape index (κ2) is 3.19. The summed E-state index contributed by atoms with van der Waals surface area (Å²) in [5.74, 6) is 0. The lowest BCUT2D eigenvalue weighted by molar-refractivity contribution is -0.101. The van der Waals surface area contributed by atoms with Gasteiger partial charge in [0.05, 0.1) is 18.3 Å². The smallest absolute Gasteiger partial charge is 0.0974 e. The fourth-order valence-corrected chi connectivity index (χ4v) is 2.22. The molecule has 0 aromatic rings. The molecule has 1 fully saturated rings. The Labute approximate surface area is 73.2 Å². The van der Waals surface area contributed by atoms with Gasteiger partial charge in [-0.1, -0.05) is 12.2 Å². The molecule has 2 aliphatic rings. The summed E-state index contributed by atoms with van der Waals surface area (Å²) in [6.07, 6.45) is 9.01. The van der Waals surface area contributed by atoms with Gasteiger partial charge in [-0.15, -0.1) is 0 Å². The van der Waals surface area contributed by atoms with Crippen LogP contribution in [-0.4, -0.2) is 23.4 Å². The fourth-order valence-electron chi connectivity index (χ4n) is 2.22. The van der Waals surface area contributed by atoms with Crippen molar-refractivity contribution in [3.8, 4) is 0 Å². The Hall–Kier alpha value is -0.340. The molecule has 2 atom stereocenters. The molecular weight excluding hydrogens is 152 g/mol. The first kappa shape index (κ1) is 8.27. The van der Waals surface area contributed by atoms with Crippen LogP contribution in [0, 0.1) is 0 Å². The molecule has 0 saturated heterocycles. The van der Waals surface area contributed by atoms with E-state index in [0.29, 0.717) is 0 Å². The van der Waals surface area contributed by atoms with Crippen LogP contribution in [0.15, 0.2) is 12.2 Å². The largest absolute Gasteiger partial charge is 0.390 e. The van der Waals surface area contributed by atoms with Gasteiger partial charge in [0.2, 0.25) is 0 Å². The minimum absolute atomic E-state index is 0.215. The second-order valence-electron chi connectivity index (χ2n) is 3.79. The average molecular weight is 168 g/mol. The monoisotopic (exact) mass is 168 g/mol. The van der Waals surface area contributed by atoms with E-state index >= 15 is 0 Å². The van der Waals surface area contributed by atoms with E-state index in [-0.39, 0.29) is 11.7 Å². The molecule has 2 rings (SSSR count). The van der Waals surface area contributed by atoms with Gasteiger partial charge in [0.1, 0.15) is 0 Å². The number of rotatable bonds is 0. The minimum atomic E-state index is -0.236. The first-order valence-electron chi connectivity index (χ1n) is 4.80. The highest BCUT2D eigenvalue weighted by Gasteiger charge is 2.42. The number of aliphatic hydroxyl groups excluding tert-OH is 1. The molecular formula is C10H16O2. The molecule has 1 aliphatic heterocycles. The summed E-state index contributed by atoms with van der Waals surface area (Å²) in [5.41, 5.74) is -0.215. The third-order valence-electron chi connectivity index (χ3n) is 2.99. The Morgan fingerprint density at radius 3 is 3.08 bits per heavy atom. The van der Waals surface area contributed by atoms with Crippen LogP contribution in [0.1, 0.15) is 32.1 Å². The van der Waals surface area contributed by atoms with Gasteiger partial charge in [0, 0.05) is 0 Å². The van der Waals surface area contributed by atoms with Crippen molar-refractivity contribution < 1.29 is 9.84 Å². The van der Waals surface area contributed by atoms with Crippen LogP contribution in [0.5, 0.6) is 0 Å². The zero-order valence-electron chi connectivity index (χ0n) is 7.33. The maximum atomic E-state index is 9.77. The summed E-state index contributed by atoms with van der Waals surface area (Å²) in [4.78, 5) is 0. The molecule has 0 bridgehead atoms. The maximum Gasteiger partial charge on any atom is 0.0974 e. The van der Waals surface area contributed by atoms with E-state index in [4.69, 9.17) is 4.74 Å². The van der Waals surface area contributed by atoms with Crippen LogP contribution in [0.4, 0.5) is 0 Å². The molecule has 0 aromatic heterocycles. The van der Waals surface area contributed by atoms with Gasteiger partial charge in [0.25, 0.3) is 0 Å². The standard InChI is InChI=1S/C10H16O2/c11-9-5-4-7-10(9)6-2-1-3-8-12-10/h1-2,9,11H,3-8H2/t9-,10-/m1/s1. The van der Waals surface area contributed by atoms with Gasteiger partial charge in [-0.2, -0.15) is 0 Å². The van der Waals surface area contributed by atoms with Crippen molar-refractivity contribution in [2.45, 2.75) is 43.8 Å². The van der Waals surface area contributed by atoms with Crippen molar-refractivity contribution >= 4 is 0 Å². The number of hydrogen-bond donors (Lipinski definition) is 1. The molecule has 0 radical (unpaired) electrons. The van der Waals surface area contributed by atoms with Gasteiger partial charge < -0.3 is 9.84 Å². The fraction of sp³-hybridized carbons (Fsp3) is 0.800. The molecule has 2 heteroatoms. The van der Waals surface area contributed by atoms with Crippen molar-refractivity contribution in [3.05, 3.63) is 12.2 Å². The van der Waals surface area contributed by atoms with Crippen LogP contribution in [0.2, 0.25) is 0 Å². The first-order chi connectivity index (χ1) is 5.83. The quantitative estimate of drug-likeness (QED) is 0.557. The molecule has 0 unspecified atom stereocenters. The predicted molar refractivity (Wildman–Crippen MR) is 46.9 cm³/mol. The van der Waals surface area contributed by atoms with E-state index in [1.54, 1.807) is 0 Å². The Morgan fingerprint density at radius 1 is 1.42 bits per heavy atom. The molecule has 1 aliphatic carbocycles. The van der Waals surface area contributed by atoms with Crippen LogP contribution in [-0.2, 0) is 4.74 Å². The molecule has 1 N–H and O–H groups in total. The van der Waals surface area contributed by atoms with Crippen molar-refractivity contribution in [1.82, 2.24) is 0 Å². The lowest BCUT2D eigenvalue weighted by atomic mass is 9.95. The summed E-state index contributed by atoms with van der Waals surface area (Å²) in [5, 5.41) is 9.77. The van der Waals surface area contributed by atoms with Crippen LogP contribution < -0.4 is 0 Å². The summed E-state index contributed by atoms with van der Waals surface area (Å²) in [6.45, 7) is 0.771. The number of hydrogen-bond acceptors (Lipinski definition) is 2. The Morgan fingerprint density at radius 2 is 2.33 bits per heavy atom. The van der Waals surface area contributed by atoms with E-state index in [0.717, 1.165) is 38.7 Å². The molecule has 68 valence electrons. The van der Waals surface area contributed by atoms with Gasteiger partial charge in [0.15, 0.2) is 0 Å². The average Bonchev–Trinajstić information content (AvgIpc) is 2.33. The molecule has 0 aromatic carbocycles. The van der Waals surface area contributed by atoms with Gasteiger partial charge in [-0.25, -0.2) is 0 Å². The normalized spacial score (nSPS) is 41.9. The van der Waals surface area contributed by atoms with Crippen LogP contribution in [0.25, 0.3) is 0 Å². The van der Waals surface area contributed by atoms with Crippen molar-refractivity contribution in [1.29, 1.82) is 0 Å². The predicted octanol–water partition coefficient (Wildman–Crippen LogP) is 1.64. The van der Waals surface area contributed by atoms with Gasteiger partial charge in [-0.3, -0.25) is 0 Å². The van der Waals surface area contributed by atoms with Crippen LogP contribution >= 0.6 is 0 Å². The summed E-state index contributed by atoms with van der Waals surface area (Å²) >= 11 is 0. The van der Waals surface area contributed by atoms with Crippen molar-refractivity contribution in [3.63, 3.8) is 0 Å². The Balaban J connectivity index is 2.11. The molecule has 12 heavy (non-hydrogen) atoms. The molecule has 0 amide bonds. The highest BCUT2D eigenvalue weighted by Crippen LogP contribution is 2.37. The molecule has 1 spiro atoms. The number of aliphatic hydroxyl groups is 1. The van der Waals surface area contributed by atoms with Crippen LogP contribution in [0.3, 0.4) is 0 Å². The topological polar surface area (TPSA) is 29.5 Å². The van der Waals surface area contributed by atoms with Crippen molar-refractivity contribution in [2.24, 2.45) is 0 Å². The lowest BCUT2D eigenvalue weighted by Gasteiger charge is -2.30. The highest BCUT2D eigenvalue weighted by molar-refractivity contribution is 5.02. The van der Waals surface area contributed by atoms with Crippen molar-refractivity contribution in [2.75, 3.05) is 6.61 Å². The van der Waals surface area contributed by atoms with E-state index in [9.17, 15) is 5.11 Å². The second-order valence-corrected chi connectivity index (χ2v) is 3.79. The zero-order chi connectivity index (χ0) is 8.44. The van der Waals surface area contributed by atoms with E-state index in [2.05, 4.69) is 12.2 Å².